The molecule has 1 N–H and O–H groups in total. The molecule has 1 aromatic rings. The fraction of sp³-hybridized carbons (Fsp3) is 0.611. The number of rotatable bonds is 6. The lowest BCUT2D eigenvalue weighted by Crippen LogP contribution is -2.44. The van der Waals surface area contributed by atoms with Gasteiger partial charge in [0, 0.05) is 45.2 Å². The number of hydrogen-bond donors (Lipinski definition) is 1. The Hall–Kier alpha value is -1.84. The molecule has 0 bridgehead atoms. The summed E-state index contributed by atoms with van der Waals surface area (Å²) in [7, 11) is 0.0202. The van der Waals surface area contributed by atoms with Crippen LogP contribution in [0.2, 0.25) is 0 Å². The number of fused-ring (bicyclic) bond motifs is 1. The predicted octanol–water partition coefficient (Wildman–Crippen LogP) is 0.536. The molecule has 150 valence electrons. The van der Waals surface area contributed by atoms with Crippen LogP contribution < -0.4 is 14.8 Å². The van der Waals surface area contributed by atoms with Crippen molar-refractivity contribution in [2.45, 2.75) is 17.7 Å². The van der Waals surface area contributed by atoms with Gasteiger partial charge < -0.3 is 19.7 Å². The second-order valence-corrected chi connectivity index (χ2v) is 8.79. The van der Waals surface area contributed by atoms with E-state index >= 15 is 0 Å². The Bertz CT molecular complexity index is 775. The second-order valence-electron chi connectivity index (χ2n) is 6.85. The highest BCUT2D eigenvalue weighted by molar-refractivity contribution is 7.89. The number of carbonyl (C=O) groups is 1. The monoisotopic (exact) mass is 397 g/mol. The predicted molar refractivity (Wildman–Crippen MR) is 100 cm³/mol. The van der Waals surface area contributed by atoms with Crippen molar-refractivity contribution in [3.63, 3.8) is 0 Å². The summed E-state index contributed by atoms with van der Waals surface area (Å²) in [6.07, 6.45) is 1.07. The van der Waals surface area contributed by atoms with Gasteiger partial charge in [0.25, 0.3) is 0 Å². The molecule has 1 saturated heterocycles. The van der Waals surface area contributed by atoms with Crippen LogP contribution in [0.5, 0.6) is 11.5 Å². The van der Waals surface area contributed by atoms with Gasteiger partial charge in [0.05, 0.1) is 4.90 Å². The Labute approximate surface area is 160 Å². The van der Waals surface area contributed by atoms with Crippen molar-refractivity contribution in [3.05, 3.63) is 18.2 Å². The molecule has 3 rings (SSSR count). The molecular formula is C18H27N3O5S. The molecular weight excluding hydrogens is 370 g/mol. The maximum atomic E-state index is 13.0. The Morgan fingerprint density at radius 1 is 1.22 bits per heavy atom. The Morgan fingerprint density at radius 3 is 2.56 bits per heavy atom. The summed E-state index contributed by atoms with van der Waals surface area (Å²) in [4.78, 5) is 14.4. The number of amides is 1. The van der Waals surface area contributed by atoms with Crippen molar-refractivity contribution in [3.8, 4) is 11.5 Å². The lowest BCUT2D eigenvalue weighted by molar-refractivity contribution is -0.135. The van der Waals surface area contributed by atoms with Gasteiger partial charge in [-0.2, -0.15) is 4.31 Å². The molecule has 0 atom stereocenters. The topological polar surface area (TPSA) is 88.2 Å². The minimum atomic E-state index is -3.62. The number of sulfonamides is 1. The number of nitrogens with one attached hydrogen (secondary N) is 1. The summed E-state index contributed by atoms with van der Waals surface area (Å²) in [5.41, 5.74) is 0. The van der Waals surface area contributed by atoms with Crippen molar-refractivity contribution in [2.75, 3.05) is 53.5 Å². The highest BCUT2D eigenvalue weighted by Crippen LogP contribution is 2.34. The average molecular weight is 397 g/mol. The van der Waals surface area contributed by atoms with Crippen LogP contribution >= 0.6 is 0 Å². The van der Waals surface area contributed by atoms with Crippen LogP contribution in [0.4, 0.5) is 0 Å². The lowest BCUT2D eigenvalue weighted by atomic mass is 9.97. The maximum absolute atomic E-state index is 13.0. The first-order valence-corrected chi connectivity index (χ1v) is 10.7. The molecule has 8 nitrogen and oxygen atoms in total. The molecule has 0 unspecified atom stereocenters. The molecule has 2 aliphatic heterocycles. The number of piperidine rings is 1. The molecule has 0 aromatic heterocycles. The number of nitrogens with zero attached hydrogens (tertiary/aromatic N) is 2. The molecule has 1 amide bonds. The average Bonchev–Trinajstić information content (AvgIpc) is 2.71. The zero-order chi connectivity index (χ0) is 19.4. The van der Waals surface area contributed by atoms with Crippen LogP contribution in [-0.4, -0.2) is 77.0 Å². The minimum Gasteiger partial charge on any atom is -0.486 e. The third-order valence-corrected chi connectivity index (χ3v) is 6.92. The van der Waals surface area contributed by atoms with Crippen molar-refractivity contribution in [2.24, 2.45) is 5.92 Å². The third-order valence-electron chi connectivity index (χ3n) is 5.03. The number of carbonyl (C=O) groups excluding carboxylic acids is 1. The van der Waals surface area contributed by atoms with E-state index in [1.807, 2.05) is 7.05 Å². The first-order valence-electron chi connectivity index (χ1n) is 9.23. The summed E-state index contributed by atoms with van der Waals surface area (Å²) in [5, 5.41) is 3.02. The summed E-state index contributed by atoms with van der Waals surface area (Å²) in [6.45, 7) is 2.93. The first-order chi connectivity index (χ1) is 12.9. The van der Waals surface area contributed by atoms with Gasteiger partial charge in [-0.25, -0.2) is 8.42 Å². The Balaban J connectivity index is 1.64. The van der Waals surface area contributed by atoms with E-state index in [0.717, 1.165) is 6.54 Å². The normalized spacial score (nSPS) is 18.3. The van der Waals surface area contributed by atoms with Crippen LogP contribution in [0.25, 0.3) is 0 Å². The summed E-state index contributed by atoms with van der Waals surface area (Å²) in [6, 6.07) is 4.70. The van der Waals surface area contributed by atoms with E-state index in [9.17, 15) is 13.2 Å². The number of hydrogen-bond acceptors (Lipinski definition) is 6. The molecule has 0 spiro atoms. The molecule has 0 radical (unpaired) electrons. The molecule has 0 saturated carbocycles. The van der Waals surface area contributed by atoms with Crippen molar-refractivity contribution in [1.82, 2.24) is 14.5 Å². The maximum Gasteiger partial charge on any atom is 0.243 e. The zero-order valence-corrected chi connectivity index (χ0v) is 16.6. The Morgan fingerprint density at radius 2 is 1.89 bits per heavy atom. The van der Waals surface area contributed by atoms with Crippen LogP contribution in [0.15, 0.2) is 23.1 Å². The van der Waals surface area contributed by atoms with Gasteiger partial charge in [0.1, 0.15) is 13.2 Å². The van der Waals surface area contributed by atoms with E-state index in [1.165, 1.54) is 10.4 Å². The number of benzene rings is 1. The zero-order valence-electron chi connectivity index (χ0n) is 15.8. The van der Waals surface area contributed by atoms with Crippen molar-refractivity contribution >= 4 is 15.9 Å². The van der Waals surface area contributed by atoms with E-state index in [0.29, 0.717) is 57.2 Å². The van der Waals surface area contributed by atoms with E-state index in [4.69, 9.17) is 9.47 Å². The number of likely N-dealkylation sites (N-methyl/N-ethyl adjacent to an activating group) is 2. The molecule has 1 fully saturated rings. The van der Waals surface area contributed by atoms with Crippen LogP contribution in [0, 0.1) is 5.92 Å². The largest absolute Gasteiger partial charge is 0.486 e. The van der Waals surface area contributed by atoms with Crippen LogP contribution in [0.3, 0.4) is 0 Å². The van der Waals surface area contributed by atoms with E-state index in [2.05, 4.69) is 5.32 Å². The minimum absolute atomic E-state index is 0.0848. The molecule has 2 aliphatic rings. The Kier molecular flexibility index (Phi) is 6.23. The van der Waals surface area contributed by atoms with Gasteiger partial charge in [0.15, 0.2) is 11.5 Å². The molecule has 2 heterocycles. The summed E-state index contributed by atoms with van der Waals surface area (Å²) >= 11 is 0. The van der Waals surface area contributed by atoms with Crippen molar-refractivity contribution < 1.29 is 22.7 Å². The second kappa shape index (κ2) is 8.45. The molecule has 0 aliphatic carbocycles. The third kappa shape index (κ3) is 4.36. The van der Waals surface area contributed by atoms with Crippen LogP contribution in [-0.2, 0) is 14.8 Å². The quantitative estimate of drug-likeness (QED) is 0.754. The molecule has 1 aromatic carbocycles. The highest BCUT2D eigenvalue weighted by Gasteiger charge is 2.33. The van der Waals surface area contributed by atoms with Gasteiger partial charge in [-0.1, -0.05) is 0 Å². The van der Waals surface area contributed by atoms with Gasteiger partial charge in [0.2, 0.25) is 15.9 Å². The molecule has 9 heteroatoms. The van der Waals surface area contributed by atoms with Gasteiger partial charge in [-0.3, -0.25) is 4.79 Å². The smallest absolute Gasteiger partial charge is 0.243 e. The van der Waals surface area contributed by atoms with Gasteiger partial charge in [-0.15, -0.1) is 0 Å². The van der Waals surface area contributed by atoms with E-state index in [-0.39, 0.29) is 16.7 Å². The highest BCUT2D eigenvalue weighted by atomic mass is 32.2. The summed E-state index contributed by atoms with van der Waals surface area (Å²) < 4.78 is 38.3. The fourth-order valence-electron chi connectivity index (χ4n) is 3.38. The SMILES string of the molecule is CNCCN(C)C(=O)C1CCN(S(=O)(=O)c2ccc3c(c2)OCCO3)CC1. The summed E-state index contributed by atoms with van der Waals surface area (Å²) in [5.74, 6) is 0.979. The number of ether oxygens (including phenoxy) is 2. The standard InChI is InChI=1S/C18H27N3O5S/c1-19-7-10-20(2)18(22)14-5-8-21(9-6-14)27(23,24)15-3-4-16-17(13-15)26-12-11-25-16/h3-4,13-14,19H,5-12H2,1-2H3. The van der Waals surface area contributed by atoms with Gasteiger partial charge in [-0.05, 0) is 32.0 Å². The lowest BCUT2D eigenvalue weighted by Gasteiger charge is -2.32. The fourth-order valence-corrected chi connectivity index (χ4v) is 4.86. The van der Waals surface area contributed by atoms with Gasteiger partial charge >= 0.3 is 0 Å². The van der Waals surface area contributed by atoms with Crippen LogP contribution in [0.1, 0.15) is 12.8 Å². The van der Waals surface area contributed by atoms with Crippen molar-refractivity contribution in [1.29, 1.82) is 0 Å². The van der Waals surface area contributed by atoms with E-state index in [1.54, 1.807) is 24.1 Å². The molecule has 27 heavy (non-hydrogen) atoms. The first kappa shape index (κ1) is 19.9. The van der Waals surface area contributed by atoms with E-state index < -0.39 is 10.0 Å².